The van der Waals surface area contributed by atoms with Crippen molar-refractivity contribution in [3.63, 3.8) is 0 Å². The molecule has 2 aliphatic heterocycles. The molecule has 0 saturated carbocycles. The molecule has 1 saturated heterocycles. The molecule has 1 aromatic carbocycles. The van der Waals surface area contributed by atoms with Crippen molar-refractivity contribution in [1.82, 2.24) is 10.3 Å². The normalized spacial score (nSPS) is 22.7. The molecule has 33 heavy (non-hydrogen) atoms. The van der Waals surface area contributed by atoms with E-state index >= 15 is 0 Å². The lowest BCUT2D eigenvalue weighted by Crippen LogP contribution is -2.48. The van der Waals surface area contributed by atoms with Crippen LogP contribution in [-0.4, -0.2) is 42.1 Å². The number of carbonyl (C=O) groups excluding carboxylic acids is 2. The average molecular weight is 448 g/mol. The molecule has 3 atom stereocenters. The first kappa shape index (κ1) is 22.7. The van der Waals surface area contributed by atoms with Crippen molar-refractivity contribution in [2.45, 2.75) is 51.7 Å². The summed E-state index contributed by atoms with van der Waals surface area (Å²) in [7, 11) is 0. The Labute approximate surface area is 193 Å². The van der Waals surface area contributed by atoms with Crippen LogP contribution in [0.1, 0.15) is 61.1 Å². The molecule has 2 aromatic rings. The molecule has 0 unspecified atom stereocenters. The predicted molar refractivity (Wildman–Crippen MR) is 125 cm³/mol. The van der Waals surface area contributed by atoms with Crippen molar-refractivity contribution in [3.8, 4) is 6.07 Å². The molecule has 4 rings (SSSR count). The number of fused-ring (bicyclic) bond motifs is 1. The van der Waals surface area contributed by atoms with Gasteiger partial charge in [-0.15, -0.1) is 0 Å². The maximum Gasteiger partial charge on any atom is 0.251 e. The topological polar surface area (TPSA) is 107 Å². The Kier molecular flexibility index (Phi) is 6.61. The third-order valence-electron chi connectivity index (χ3n) is 6.67. The molecule has 0 aliphatic carbocycles. The number of carbonyl (C=O) groups is 2. The Morgan fingerprint density at radius 2 is 1.94 bits per heavy atom. The van der Waals surface area contributed by atoms with Gasteiger partial charge in [-0.3, -0.25) is 9.59 Å². The second-order valence-electron chi connectivity index (χ2n) is 8.79. The Morgan fingerprint density at radius 3 is 2.58 bits per heavy atom. The third-order valence-corrected chi connectivity index (χ3v) is 6.67. The van der Waals surface area contributed by atoms with Gasteiger partial charge in [0.25, 0.3) is 5.91 Å². The van der Waals surface area contributed by atoms with Crippen LogP contribution in [0, 0.1) is 17.2 Å². The third kappa shape index (κ3) is 4.69. The molecule has 0 radical (unpaired) electrons. The van der Waals surface area contributed by atoms with Gasteiger partial charge in [-0.25, -0.2) is 4.98 Å². The van der Waals surface area contributed by atoms with Crippen LogP contribution in [0.5, 0.6) is 0 Å². The van der Waals surface area contributed by atoms with Crippen LogP contribution in [0.15, 0.2) is 36.5 Å². The first-order valence-corrected chi connectivity index (χ1v) is 11.3. The number of rotatable bonds is 4. The van der Waals surface area contributed by atoms with Gasteiger partial charge in [0.1, 0.15) is 11.9 Å². The molecule has 2 N–H and O–H groups in total. The number of amides is 2. The van der Waals surface area contributed by atoms with Crippen molar-refractivity contribution in [3.05, 3.63) is 53.2 Å². The molecular formula is C25H29N5O3. The molecule has 3 heterocycles. The molecule has 172 valence electrons. The van der Waals surface area contributed by atoms with Gasteiger partial charge >= 0.3 is 0 Å². The van der Waals surface area contributed by atoms with E-state index in [2.05, 4.69) is 28.6 Å². The molecular weight excluding hydrogens is 418 g/mol. The van der Waals surface area contributed by atoms with Crippen LogP contribution in [0.3, 0.4) is 0 Å². The highest BCUT2D eigenvalue weighted by Gasteiger charge is 2.38. The Hall–Kier alpha value is -3.44. The van der Waals surface area contributed by atoms with Crippen LogP contribution in [0.4, 0.5) is 11.5 Å². The van der Waals surface area contributed by atoms with Gasteiger partial charge in [0, 0.05) is 55.6 Å². The summed E-state index contributed by atoms with van der Waals surface area (Å²) in [6.45, 7) is 6.99. The minimum atomic E-state index is -0.165. The maximum atomic E-state index is 13.0. The minimum absolute atomic E-state index is 0.0371. The zero-order valence-corrected chi connectivity index (χ0v) is 19.2. The van der Waals surface area contributed by atoms with Gasteiger partial charge in [-0.2, -0.15) is 5.26 Å². The summed E-state index contributed by atoms with van der Waals surface area (Å²) in [5.74, 6) is 0.524. The molecule has 8 heteroatoms. The van der Waals surface area contributed by atoms with Crippen LogP contribution >= 0.6 is 0 Å². The minimum Gasteiger partial charge on any atom is -0.381 e. The molecule has 8 nitrogen and oxygen atoms in total. The quantitative estimate of drug-likeness (QED) is 0.744. The van der Waals surface area contributed by atoms with Gasteiger partial charge in [0.2, 0.25) is 5.91 Å². The largest absolute Gasteiger partial charge is 0.381 e. The Balaban J connectivity index is 1.68. The van der Waals surface area contributed by atoms with Crippen LogP contribution in [0.2, 0.25) is 0 Å². The van der Waals surface area contributed by atoms with E-state index in [1.165, 1.54) is 6.20 Å². The van der Waals surface area contributed by atoms with Gasteiger partial charge < -0.3 is 20.3 Å². The average Bonchev–Trinajstić information content (AvgIpc) is 2.82. The van der Waals surface area contributed by atoms with E-state index < -0.39 is 0 Å². The molecule has 1 aromatic heterocycles. The van der Waals surface area contributed by atoms with E-state index in [9.17, 15) is 9.59 Å². The summed E-state index contributed by atoms with van der Waals surface area (Å²) < 4.78 is 5.38. The first-order valence-electron chi connectivity index (χ1n) is 11.3. The van der Waals surface area contributed by atoms with E-state index in [1.807, 2.05) is 19.1 Å². The lowest BCUT2D eigenvalue weighted by Gasteiger charge is -2.44. The van der Waals surface area contributed by atoms with Gasteiger partial charge in [-0.05, 0) is 55.7 Å². The van der Waals surface area contributed by atoms with Gasteiger partial charge in [-0.1, -0.05) is 6.92 Å². The fourth-order valence-electron chi connectivity index (χ4n) is 4.66. The fraction of sp³-hybridized carbons (Fsp3) is 0.440. The Morgan fingerprint density at radius 1 is 1.18 bits per heavy atom. The number of hydrogen-bond donors (Lipinski definition) is 2. The van der Waals surface area contributed by atoms with E-state index in [0.717, 1.165) is 24.1 Å². The van der Waals surface area contributed by atoms with E-state index in [4.69, 9.17) is 10.00 Å². The number of nitriles is 1. The molecule has 2 amide bonds. The zero-order chi connectivity index (χ0) is 23.5. The number of hydrogen-bond acceptors (Lipinski definition) is 6. The predicted octanol–water partition coefficient (Wildman–Crippen LogP) is 3.41. The van der Waals surface area contributed by atoms with Crippen molar-refractivity contribution in [2.75, 3.05) is 23.4 Å². The van der Waals surface area contributed by atoms with Crippen molar-refractivity contribution < 1.29 is 14.3 Å². The van der Waals surface area contributed by atoms with E-state index in [1.54, 1.807) is 30.0 Å². The number of benzene rings is 1. The number of anilines is 2. The summed E-state index contributed by atoms with van der Waals surface area (Å²) in [4.78, 5) is 31.7. The summed E-state index contributed by atoms with van der Waals surface area (Å²) in [5.41, 5.74) is 2.72. The summed E-state index contributed by atoms with van der Waals surface area (Å²) in [6, 6.07) is 11.0. The smallest absolute Gasteiger partial charge is 0.251 e. The highest BCUT2D eigenvalue weighted by atomic mass is 16.5. The lowest BCUT2D eigenvalue weighted by molar-refractivity contribution is -0.117. The van der Waals surface area contributed by atoms with Crippen LogP contribution in [0.25, 0.3) is 0 Å². The number of ether oxygens (including phenoxy) is 1. The van der Waals surface area contributed by atoms with Crippen molar-refractivity contribution >= 4 is 23.3 Å². The number of pyridine rings is 1. The van der Waals surface area contributed by atoms with E-state index in [-0.39, 0.29) is 35.9 Å². The Bertz CT molecular complexity index is 1070. The summed E-state index contributed by atoms with van der Waals surface area (Å²) in [5, 5.41) is 15.6. The van der Waals surface area contributed by atoms with Gasteiger partial charge in [0.05, 0.1) is 11.6 Å². The van der Waals surface area contributed by atoms with Crippen molar-refractivity contribution in [1.29, 1.82) is 5.26 Å². The number of nitrogens with zero attached hydrogens (tertiary/aromatic N) is 3. The standard InChI is InChI=1S/C25H29N5O3/c1-15-16(2)30(17(3)31)22-6-5-19(25(32)28-20-8-10-33-11-9-20)12-21(22)24(15)29-23-7-4-18(13-26)14-27-23/h4-7,12,14-16,20,24H,8-11H2,1-3H3,(H,27,29)(H,28,32)/t15-,16-,24+/m0/s1. The second-order valence-corrected chi connectivity index (χ2v) is 8.79. The fourth-order valence-corrected chi connectivity index (χ4v) is 4.66. The second kappa shape index (κ2) is 9.59. The first-order chi connectivity index (χ1) is 15.9. The van der Waals surface area contributed by atoms with Crippen LogP contribution < -0.4 is 15.5 Å². The zero-order valence-electron chi connectivity index (χ0n) is 19.2. The van der Waals surface area contributed by atoms with Crippen molar-refractivity contribution in [2.24, 2.45) is 5.92 Å². The molecule has 0 bridgehead atoms. The lowest BCUT2D eigenvalue weighted by atomic mass is 9.82. The summed E-state index contributed by atoms with van der Waals surface area (Å²) in [6.07, 6.45) is 3.13. The SMILES string of the molecule is CC(=O)N1c2ccc(C(=O)NC3CCOCC3)cc2[C@H](Nc2ccc(C#N)cn2)[C@@H](C)[C@@H]1C. The highest BCUT2D eigenvalue weighted by Crippen LogP contribution is 2.42. The number of aromatic nitrogens is 1. The molecule has 1 fully saturated rings. The molecule has 0 spiro atoms. The molecule has 2 aliphatic rings. The summed E-state index contributed by atoms with van der Waals surface area (Å²) >= 11 is 0. The number of nitrogens with one attached hydrogen (secondary N) is 2. The van der Waals surface area contributed by atoms with Crippen LogP contribution in [-0.2, 0) is 9.53 Å². The van der Waals surface area contributed by atoms with Gasteiger partial charge in [0.15, 0.2) is 0 Å². The van der Waals surface area contributed by atoms with E-state index in [0.29, 0.717) is 30.2 Å². The highest BCUT2D eigenvalue weighted by molar-refractivity contribution is 5.98. The maximum absolute atomic E-state index is 13.0. The monoisotopic (exact) mass is 447 g/mol.